The van der Waals surface area contributed by atoms with Crippen LogP contribution in [0, 0.1) is 6.92 Å². The first-order valence-corrected chi connectivity index (χ1v) is 9.20. The number of rotatable bonds is 6. The summed E-state index contributed by atoms with van der Waals surface area (Å²) in [7, 11) is 3.36. The zero-order chi connectivity index (χ0) is 18.5. The third-order valence-electron chi connectivity index (χ3n) is 5.10. The minimum Gasteiger partial charge on any atom is -0.497 e. The summed E-state index contributed by atoms with van der Waals surface area (Å²) in [5.41, 5.74) is 4.77. The minimum atomic E-state index is 0.104. The Morgan fingerprint density at radius 3 is 2.73 bits per heavy atom. The second-order valence-electron chi connectivity index (χ2n) is 6.88. The molecular formula is C22H27NO3. The monoisotopic (exact) mass is 353 g/mol. The van der Waals surface area contributed by atoms with E-state index in [0.717, 1.165) is 48.3 Å². The molecule has 3 rings (SSSR count). The molecular weight excluding hydrogens is 326 g/mol. The van der Waals surface area contributed by atoms with Crippen molar-refractivity contribution >= 4 is 5.91 Å². The van der Waals surface area contributed by atoms with Crippen molar-refractivity contribution < 1.29 is 14.3 Å². The molecule has 1 amide bonds. The van der Waals surface area contributed by atoms with E-state index in [4.69, 9.17) is 9.47 Å². The van der Waals surface area contributed by atoms with Gasteiger partial charge in [0.2, 0.25) is 5.91 Å². The quantitative estimate of drug-likeness (QED) is 0.849. The number of nitrogens with one attached hydrogen (secondary N) is 1. The van der Waals surface area contributed by atoms with E-state index in [1.165, 1.54) is 11.1 Å². The summed E-state index contributed by atoms with van der Waals surface area (Å²) >= 11 is 0. The average Bonchev–Trinajstić information content (AvgIpc) is 2.66. The number of fused-ring (bicyclic) bond motifs is 1. The van der Waals surface area contributed by atoms with Crippen molar-refractivity contribution in [1.82, 2.24) is 5.32 Å². The van der Waals surface area contributed by atoms with Gasteiger partial charge in [0, 0.05) is 6.42 Å². The molecule has 1 N–H and O–H groups in total. The van der Waals surface area contributed by atoms with Gasteiger partial charge >= 0.3 is 0 Å². The summed E-state index contributed by atoms with van der Waals surface area (Å²) in [6.45, 7) is 2.02. The molecule has 0 radical (unpaired) electrons. The number of aryl methyl sites for hydroxylation is 3. The first-order chi connectivity index (χ1) is 12.6. The van der Waals surface area contributed by atoms with E-state index in [2.05, 4.69) is 23.5 Å². The average molecular weight is 353 g/mol. The highest BCUT2D eigenvalue weighted by Gasteiger charge is 2.22. The molecule has 2 aromatic carbocycles. The van der Waals surface area contributed by atoms with Gasteiger partial charge in [-0.2, -0.15) is 0 Å². The summed E-state index contributed by atoms with van der Waals surface area (Å²) < 4.78 is 10.6. The molecule has 2 aromatic rings. The fourth-order valence-corrected chi connectivity index (χ4v) is 3.69. The number of ether oxygens (including phenoxy) is 2. The highest BCUT2D eigenvalue weighted by molar-refractivity contribution is 5.77. The van der Waals surface area contributed by atoms with Gasteiger partial charge in [0.1, 0.15) is 11.5 Å². The fraction of sp³-hybridized carbons (Fsp3) is 0.409. The molecule has 138 valence electrons. The molecule has 1 atom stereocenters. The van der Waals surface area contributed by atoms with Gasteiger partial charge < -0.3 is 14.8 Å². The van der Waals surface area contributed by atoms with Crippen molar-refractivity contribution in [1.29, 1.82) is 0 Å². The van der Waals surface area contributed by atoms with Crippen molar-refractivity contribution in [2.75, 3.05) is 14.2 Å². The SMILES string of the molecule is COc1ccc2c(c1)CCC[C@H]2NC(=O)CCc1ccc(OC)c(C)c1. The standard InChI is InChI=1S/C22H27NO3/c1-15-13-16(7-11-21(15)26-3)8-12-22(24)23-20-6-4-5-17-14-18(25-2)9-10-19(17)20/h7,9-11,13-14,20H,4-6,8,12H2,1-3H3,(H,23,24)/t20-/m1/s1. The Morgan fingerprint density at radius 1 is 1.15 bits per heavy atom. The molecule has 4 heteroatoms. The Morgan fingerprint density at radius 2 is 2.00 bits per heavy atom. The molecule has 0 unspecified atom stereocenters. The van der Waals surface area contributed by atoms with Crippen LogP contribution in [0.5, 0.6) is 11.5 Å². The van der Waals surface area contributed by atoms with E-state index in [-0.39, 0.29) is 11.9 Å². The molecule has 0 saturated carbocycles. The van der Waals surface area contributed by atoms with Crippen LogP contribution in [0.1, 0.15) is 47.6 Å². The minimum absolute atomic E-state index is 0.104. The van der Waals surface area contributed by atoms with Crippen LogP contribution in [0.4, 0.5) is 0 Å². The van der Waals surface area contributed by atoms with Gasteiger partial charge in [-0.1, -0.05) is 18.2 Å². The van der Waals surface area contributed by atoms with Gasteiger partial charge in [-0.05, 0) is 73.1 Å². The topological polar surface area (TPSA) is 47.6 Å². The molecule has 0 fully saturated rings. The lowest BCUT2D eigenvalue weighted by molar-refractivity contribution is -0.121. The largest absolute Gasteiger partial charge is 0.497 e. The zero-order valence-corrected chi connectivity index (χ0v) is 15.8. The lowest BCUT2D eigenvalue weighted by Crippen LogP contribution is -2.31. The molecule has 1 aliphatic carbocycles. The third kappa shape index (κ3) is 4.18. The third-order valence-corrected chi connectivity index (χ3v) is 5.10. The predicted octanol–water partition coefficient (Wildman–Crippen LogP) is 4.14. The highest BCUT2D eigenvalue weighted by Crippen LogP contribution is 2.32. The van der Waals surface area contributed by atoms with E-state index in [0.29, 0.717) is 6.42 Å². The Kier molecular flexibility index (Phi) is 5.82. The second-order valence-corrected chi connectivity index (χ2v) is 6.88. The molecule has 0 spiro atoms. The van der Waals surface area contributed by atoms with Crippen molar-refractivity contribution in [3.05, 3.63) is 58.7 Å². The summed E-state index contributed by atoms with van der Waals surface area (Å²) in [5.74, 6) is 1.87. The molecule has 0 aliphatic heterocycles. The van der Waals surface area contributed by atoms with Crippen molar-refractivity contribution in [2.45, 2.75) is 45.1 Å². The second kappa shape index (κ2) is 8.26. The summed E-state index contributed by atoms with van der Waals surface area (Å²) in [6.07, 6.45) is 4.35. The number of carbonyl (C=O) groups is 1. The molecule has 1 aliphatic rings. The summed E-state index contributed by atoms with van der Waals surface area (Å²) in [5, 5.41) is 3.22. The van der Waals surface area contributed by atoms with Gasteiger partial charge in [-0.15, -0.1) is 0 Å². The van der Waals surface area contributed by atoms with Crippen LogP contribution in [0.25, 0.3) is 0 Å². The fourth-order valence-electron chi connectivity index (χ4n) is 3.69. The van der Waals surface area contributed by atoms with Crippen molar-refractivity contribution in [3.63, 3.8) is 0 Å². The van der Waals surface area contributed by atoms with Crippen LogP contribution in [-0.4, -0.2) is 20.1 Å². The lowest BCUT2D eigenvalue weighted by Gasteiger charge is -2.27. The highest BCUT2D eigenvalue weighted by atomic mass is 16.5. The number of carbonyl (C=O) groups excluding carboxylic acids is 1. The maximum Gasteiger partial charge on any atom is 0.220 e. The van der Waals surface area contributed by atoms with E-state index in [9.17, 15) is 4.79 Å². The zero-order valence-electron chi connectivity index (χ0n) is 15.8. The van der Waals surface area contributed by atoms with E-state index >= 15 is 0 Å². The van der Waals surface area contributed by atoms with Crippen LogP contribution in [0.3, 0.4) is 0 Å². The number of methoxy groups -OCH3 is 2. The Labute approximate surface area is 155 Å². The maximum absolute atomic E-state index is 12.5. The molecule has 0 aromatic heterocycles. The van der Waals surface area contributed by atoms with Gasteiger partial charge in [0.05, 0.1) is 20.3 Å². The predicted molar refractivity (Wildman–Crippen MR) is 103 cm³/mol. The Bertz CT molecular complexity index is 785. The molecule has 26 heavy (non-hydrogen) atoms. The summed E-state index contributed by atoms with van der Waals surface area (Å²) in [6, 6.07) is 12.3. The molecule has 4 nitrogen and oxygen atoms in total. The normalized spacial score (nSPS) is 15.9. The summed E-state index contributed by atoms with van der Waals surface area (Å²) in [4.78, 5) is 12.5. The first kappa shape index (κ1) is 18.3. The van der Waals surface area contributed by atoms with Crippen LogP contribution in [0.15, 0.2) is 36.4 Å². The number of hydrogen-bond donors (Lipinski definition) is 1. The van der Waals surface area contributed by atoms with E-state index in [1.54, 1.807) is 14.2 Å². The maximum atomic E-state index is 12.5. The van der Waals surface area contributed by atoms with Crippen LogP contribution >= 0.6 is 0 Å². The Balaban J connectivity index is 1.60. The number of hydrogen-bond acceptors (Lipinski definition) is 3. The molecule has 0 heterocycles. The Hall–Kier alpha value is -2.49. The smallest absolute Gasteiger partial charge is 0.220 e. The van der Waals surface area contributed by atoms with Gasteiger partial charge in [-0.25, -0.2) is 0 Å². The van der Waals surface area contributed by atoms with Gasteiger partial charge in [-0.3, -0.25) is 4.79 Å². The van der Waals surface area contributed by atoms with Crippen LogP contribution < -0.4 is 14.8 Å². The van der Waals surface area contributed by atoms with Gasteiger partial charge in [0.25, 0.3) is 0 Å². The van der Waals surface area contributed by atoms with Crippen LogP contribution in [-0.2, 0) is 17.6 Å². The number of amides is 1. The molecule has 0 saturated heterocycles. The van der Waals surface area contributed by atoms with Crippen LogP contribution in [0.2, 0.25) is 0 Å². The van der Waals surface area contributed by atoms with E-state index < -0.39 is 0 Å². The van der Waals surface area contributed by atoms with Crippen molar-refractivity contribution in [2.24, 2.45) is 0 Å². The van der Waals surface area contributed by atoms with Gasteiger partial charge in [0.15, 0.2) is 0 Å². The lowest BCUT2D eigenvalue weighted by atomic mass is 9.87. The number of benzene rings is 2. The first-order valence-electron chi connectivity index (χ1n) is 9.20. The van der Waals surface area contributed by atoms with Crippen molar-refractivity contribution in [3.8, 4) is 11.5 Å². The van der Waals surface area contributed by atoms with E-state index in [1.807, 2.05) is 25.1 Å². The molecule has 0 bridgehead atoms.